The van der Waals surface area contributed by atoms with E-state index in [0.29, 0.717) is 11.8 Å². The van der Waals surface area contributed by atoms with Crippen LogP contribution in [0.2, 0.25) is 0 Å². The van der Waals surface area contributed by atoms with Gasteiger partial charge >= 0.3 is 0 Å². The van der Waals surface area contributed by atoms with Gasteiger partial charge in [0.2, 0.25) is 0 Å². The molecule has 3 heterocycles. The molecule has 2 unspecified atom stereocenters. The van der Waals surface area contributed by atoms with Crippen molar-refractivity contribution in [2.45, 2.75) is 34.1 Å². The number of nitrogens with one attached hydrogen (secondary N) is 2. The van der Waals surface area contributed by atoms with Crippen molar-refractivity contribution in [1.82, 2.24) is 19.9 Å². The number of ether oxygens (including phenoxy) is 1. The van der Waals surface area contributed by atoms with Crippen LogP contribution in [0.25, 0.3) is 0 Å². The molecule has 2 aromatic rings. The molecule has 140 valence electrons. The Morgan fingerprint density at radius 3 is 1.77 bits per heavy atom. The molecule has 0 spiro atoms. The molecular formula is C19H28N6O. The third kappa shape index (κ3) is 4.88. The molecule has 1 fully saturated rings. The minimum Gasteiger partial charge on any atom is -0.381 e. The van der Waals surface area contributed by atoms with E-state index in [1.54, 1.807) is 12.4 Å². The zero-order valence-electron chi connectivity index (χ0n) is 16.0. The first kappa shape index (κ1) is 18.5. The lowest BCUT2D eigenvalue weighted by Gasteiger charge is -2.30. The molecule has 0 aromatic carbocycles. The summed E-state index contributed by atoms with van der Waals surface area (Å²) in [6, 6.07) is 0. The molecule has 0 amide bonds. The maximum absolute atomic E-state index is 5.83. The van der Waals surface area contributed by atoms with Gasteiger partial charge in [-0.25, -0.2) is 9.97 Å². The predicted molar refractivity (Wildman–Crippen MR) is 102 cm³/mol. The maximum atomic E-state index is 5.83. The van der Waals surface area contributed by atoms with E-state index in [1.165, 1.54) is 0 Å². The van der Waals surface area contributed by atoms with Crippen molar-refractivity contribution in [1.29, 1.82) is 0 Å². The van der Waals surface area contributed by atoms with Gasteiger partial charge in [0, 0.05) is 25.5 Å². The highest BCUT2D eigenvalue weighted by Crippen LogP contribution is 2.22. The summed E-state index contributed by atoms with van der Waals surface area (Å²) in [6.07, 6.45) is 4.70. The van der Waals surface area contributed by atoms with Crippen molar-refractivity contribution in [3.05, 3.63) is 35.2 Å². The molecule has 0 saturated carbocycles. The summed E-state index contributed by atoms with van der Waals surface area (Å²) in [5.41, 5.74) is 3.71. The van der Waals surface area contributed by atoms with E-state index in [-0.39, 0.29) is 0 Å². The Labute approximate surface area is 155 Å². The molecule has 1 aliphatic heterocycles. The highest BCUT2D eigenvalue weighted by molar-refractivity contribution is 5.40. The van der Waals surface area contributed by atoms with E-state index >= 15 is 0 Å². The van der Waals surface area contributed by atoms with Gasteiger partial charge in [0.05, 0.1) is 36.0 Å². The largest absolute Gasteiger partial charge is 0.381 e. The van der Waals surface area contributed by atoms with Crippen molar-refractivity contribution in [2.75, 3.05) is 36.9 Å². The summed E-state index contributed by atoms with van der Waals surface area (Å²) in [5, 5.41) is 6.88. The third-order valence-electron chi connectivity index (χ3n) is 4.64. The van der Waals surface area contributed by atoms with Crippen LogP contribution in [-0.4, -0.2) is 46.2 Å². The van der Waals surface area contributed by atoms with Crippen LogP contribution in [-0.2, 0) is 4.74 Å². The molecule has 2 atom stereocenters. The van der Waals surface area contributed by atoms with Crippen molar-refractivity contribution in [3.63, 3.8) is 0 Å². The zero-order chi connectivity index (χ0) is 18.5. The highest BCUT2D eigenvalue weighted by atomic mass is 16.5. The Bertz CT molecular complexity index is 689. The number of nitrogens with zero attached hydrogens (tertiary/aromatic N) is 4. The Hall–Kier alpha value is -2.28. The molecule has 26 heavy (non-hydrogen) atoms. The van der Waals surface area contributed by atoms with Gasteiger partial charge in [-0.15, -0.1) is 0 Å². The number of hydrogen-bond donors (Lipinski definition) is 2. The first-order valence-electron chi connectivity index (χ1n) is 9.17. The lowest BCUT2D eigenvalue weighted by molar-refractivity contribution is 0.0236. The Kier molecular flexibility index (Phi) is 5.98. The molecule has 2 aromatic heterocycles. The normalized spacial score (nSPS) is 20.0. The smallest absolute Gasteiger partial charge is 0.147 e. The number of aromatic nitrogens is 4. The van der Waals surface area contributed by atoms with Crippen molar-refractivity contribution < 1.29 is 4.74 Å². The number of rotatable bonds is 6. The van der Waals surface area contributed by atoms with E-state index in [9.17, 15) is 0 Å². The summed E-state index contributed by atoms with van der Waals surface area (Å²) in [4.78, 5) is 17.8. The fourth-order valence-electron chi connectivity index (χ4n) is 3.19. The molecule has 0 radical (unpaired) electrons. The second kappa shape index (κ2) is 8.40. The summed E-state index contributed by atoms with van der Waals surface area (Å²) in [7, 11) is 0. The summed E-state index contributed by atoms with van der Waals surface area (Å²) < 4.78 is 5.83. The van der Waals surface area contributed by atoms with Crippen molar-refractivity contribution in [3.8, 4) is 0 Å². The zero-order valence-corrected chi connectivity index (χ0v) is 16.0. The fraction of sp³-hybridized carbons (Fsp3) is 0.579. The first-order valence-corrected chi connectivity index (χ1v) is 9.17. The van der Waals surface area contributed by atoms with E-state index in [0.717, 1.165) is 67.1 Å². The monoisotopic (exact) mass is 356 g/mol. The molecule has 1 aliphatic rings. The van der Waals surface area contributed by atoms with Gasteiger partial charge in [-0.05, 0) is 46.0 Å². The molecule has 2 N–H and O–H groups in total. The first-order chi connectivity index (χ1) is 12.5. The van der Waals surface area contributed by atoms with Crippen LogP contribution < -0.4 is 10.6 Å². The van der Waals surface area contributed by atoms with Gasteiger partial charge in [0.1, 0.15) is 11.6 Å². The Morgan fingerprint density at radius 2 is 1.31 bits per heavy atom. The lowest BCUT2D eigenvalue weighted by atomic mass is 9.93. The van der Waals surface area contributed by atoms with Crippen molar-refractivity contribution >= 4 is 11.6 Å². The van der Waals surface area contributed by atoms with E-state index in [2.05, 4.69) is 30.6 Å². The van der Waals surface area contributed by atoms with Crippen LogP contribution in [0.1, 0.15) is 29.2 Å². The molecule has 7 nitrogen and oxygen atoms in total. The van der Waals surface area contributed by atoms with Crippen LogP contribution >= 0.6 is 0 Å². The summed E-state index contributed by atoms with van der Waals surface area (Å²) >= 11 is 0. The maximum Gasteiger partial charge on any atom is 0.147 e. The molecule has 1 saturated heterocycles. The Morgan fingerprint density at radius 1 is 0.846 bits per heavy atom. The van der Waals surface area contributed by atoms with Crippen LogP contribution in [0.4, 0.5) is 11.6 Å². The predicted octanol–water partition coefficient (Wildman–Crippen LogP) is 2.68. The van der Waals surface area contributed by atoms with Crippen LogP contribution in [0, 0.1) is 39.5 Å². The molecule has 3 rings (SSSR count). The average molecular weight is 356 g/mol. The van der Waals surface area contributed by atoms with Crippen LogP contribution in [0.3, 0.4) is 0 Å². The third-order valence-corrected chi connectivity index (χ3v) is 4.64. The lowest BCUT2D eigenvalue weighted by Crippen LogP contribution is -2.34. The van der Waals surface area contributed by atoms with Gasteiger partial charge < -0.3 is 15.4 Å². The molecule has 0 bridgehead atoms. The van der Waals surface area contributed by atoms with Crippen LogP contribution in [0.5, 0.6) is 0 Å². The van der Waals surface area contributed by atoms with Gasteiger partial charge in [-0.1, -0.05) is 0 Å². The number of aryl methyl sites for hydroxylation is 4. The van der Waals surface area contributed by atoms with E-state index in [4.69, 9.17) is 4.74 Å². The summed E-state index contributed by atoms with van der Waals surface area (Å²) in [6.45, 7) is 11.1. The fourth-order valence-corrected chi connectivity index (χ4v) is 3.19. The topological polar surface area (TPSA) is 84.9 Å². The highest BCUT2D eigenvalue weighted by Gasteiger charge is 2.23. The quantitative estimate of drug-likeness (QED) is 0.823. The van der Waals surface area contributed by atoms with Gasteiger partial charge in [-0.2, -0.15) is 0 Å². The van der Waals surface area contributed by atoms with Crippen LogP contribution in [0.15, 0.2) is 12.4 Å². The van der Waals surface area contributed by atoms with Gasteiger partial charge in [-0.3, -0.25) is 9.97 Å². The number of hydrogen-bond acceptors (Lipinski definition) is 7. The van der Waals surface area contributed by atoms with Gasteiger partial charge in [0.25, 0.3) is 0 Å². The molecule has 7 heteroatoms. The second-order valence-corrected chi connectivity index (χ2v) is 7.16. The standard InChI is InChI=1S/C19H28N6O/c1-12-6-20-14(3)18(24-12)22-8-16-5-17(11-26-10-16)9-23-19-15(4)21-7-13(2)25-19/h6-7,16-17H,5,8-11H2,1-4H3,(H,22,24)(H,23,25). The second-order valence-electron chi connectivity index (χ2n) is 7.16. The minimum atomic E-state index is 0.460. The molecule has 0 aliphatic carbocycles. The van der Waals surface area contributed by atoms with Crippen molar-refractivity contribution in [2.24, 2.45) is 11.8 Å². The van der Waals surface area contributed by atoms with E-state index < -0.39 is 0 Å². The minimum absolute atomic E-state index is 0.460. The molecular weight excluding hydrogens is 328 g/mol. The Balaban J connectivity index is 1.51. The van der Waals surface area contributed by atoms with E-state index in [1.807, 2.05) is 27.7 Å². The summed E-state index contributed by atoms with van der Waals surface area (Å²) in [5.74, 6) is 2.66. The van der Waals surface area contributed by atoms with Gasteiger partial charge in [0.15, 0.2) is 0 Å². The average Bonchev–Trinajstić information content (AvgIpc) is 2.63. The number of anilines is 2. The SMILES string of the molecule is Cc1cnc(C)c(NCC2COCC(CNc3nc(C)cnc3C)C2)n1.